The minimum atomic E-state index is -1.51. The van der Waals surface area contributed by atoms with E-state index in [2.05, 4.69) is 6.26 Å². The lowest BCUT2D eigenvalue weighted by atomic mass is 10.3. The second kappa shape index (κ2) is 9.43. The largest absolute Gasteiger partial charge is 0.491 e. The van der Waals surface area contributed by atoms with Gasteiger partial charge in [-0.25, -0.2) is 0 Å². The minimum Gasteiger partial charge on any atom is -0.491 e. The highest BCUT2D eigenvalue weighted by molar-refractivity contribution is 8.33. The number of hydrogen-bond acceptors (Lipinski definition) is 2. The summed E-state index contributed by atoms with van der Waals surface area (Å²) in [5, 5.41) is 12.8. The number of ether oxygens (including phenoxy) is 1. The van der Waals surface area contributed by atoms with E-state index in [-0.39, 0.29) is 6.61 Å². The maximum absolute atomic E-state index is 10.8. The van der Waals surface area contributed by atoms with Crippen LogP contribution in [0.25, 0.3) is 0 Å². The maximum atomic E-state index is 10.8. The monoisotopic (exact) mass is 454 g/mol. The molecule has 0 aliphatic heterocycles. The summed E-state index contributed by atoms with van der Waals surface area (Å²) in [5.74, 6) is 1.24. The molecule has 3 aromatic carbocycles. The normalized spacial score (nSPS) is 13.2. The molecule has 0 amide bonds. The molecule has 0 aromatic heterocycles. The Bertz CT molecular complexity index is 851. The van der Waals surface area contributed by atoms with Crippen LogP contribution >= 0.6 is 44.8 Å². The Morgan fingerprint density at radius 1 is 0.750 bits per heavy atom. The van der Waals surface area contributed by atoms with Gasteiger partial charge in [0.05, 0.1) is 6.10 Å². The van der Waals surface area contributed by atoms with Gasteiger partial charge in [0.15, 0.2) is 0 Å². The zero-order valence-electron chi connectivity index (χ0n) is 15.3. The zero-order chi connectivity index (χ0) is 20.1. The molecule has 0 saturated heterocycles. The van der Waals surface area contributed by atoms with E-state index in [0.29, 0.717) is 26.6 Å². The van der Waals surface area contributed by atoms with E-state index in [9.17, 15) is 5.11 Å². The van der Waals surface area contributed by atoms with E-state index >= 15 is 0 Å². The van der Waals surface area contributed by atoms with Crippen LogP contribution in [-0.2, 0) is 0 Å². The van der Waals surface area contributed by atoms with E-state index in [0.717, 1.165) is 9.79 Å². The van der Waals surface area contributed by atoms with Crippen LogP contribution in [0.4, 0.5) is 0 Å². The van der Waals surface area contributed by atoms with Gasteiger partial charge in [0.25, 0.3) is 0 Å². The SMILES string of the molecule is CS(CC(O)COc1ccc(Cl)cc1)(c1ccc(Cl)cc1)c1ccc(Cl)cc1. The highest BCUT2D eigenvalue weighted by Gasteiger charge is 2.27. The lowest BCUT2D eigenvalue weighted by molar-refractivity contribution is 0.126. The molecule has 0 saturated carbocycles. The third-order valence-corrected chi connectivity index (χ3v) is 8.88. The Kier molecular flexibility index (Phi) is 7.19. The first-order valence-electron chi connectivity index (χ1n) is 8.70. The van der Waals surface area contributed by atoms with Crippen molar-refractivity contribution in [3.05, 3.63) is 87.9 Å². The van der Waals surface area contributed by atoms with E-state index < -0.39 is 16.1 Å². The number of halogens is 3. The number of rotatable bonds is 7. The predicted molar refractivity (Wildman–Crippen MR) is 121 cm³/mol. The predicted octanol–water partition coefficient (Wildman–Crippen LogP) is 6.94. The van der Waals surface area contributed by atoms with Gasteiger partial charge in [0.2, 0.25) is 0 Å². The average Bonchev–Trinajstić information content (AvgIpc) is 2.68. The van der Waals surface area contributed by atoms with Crippen LogP contribution in [0.1, 0.15) is 0 Å². The molecule has 0 spiro atoms. The molecule has 1 unspecified atom stereocenters. The van der Waals surface area contributed by atoms with Crippen molar-refractivity contribution < 1.29 is 9.84 Å². The summed E-state index contributed by atoms with van der Waals surface area (Å²) in [6.45, 7) is 0.200. The van der Waals surface area contributed by atoms with Crippen molar-refractivity contribution in [1.82, 2.24) is 0 Å². The summed E-state index contributed by atoms with van der Waals surface area (Å²) in [6, 6.07) is 22.8. The third kappa shape index (κ3) is 5.37. The molecule has 1 N–H and O–H groups in total. The van der Waals surface area contributed by atoms with Gasteiger partial charge in [0, 0.05) is 20.8 Å². The van der Waals surface area contributed by atoms with Crippen LogP contribution in [0.2, 0.25) is 15.1 Å². The molecule has 3 rings (SSSR count). The molecule has 0 heterocycles. The summed E-state index contributed by atoms with van der Waals surface area (Å²) in [4.78, 5) is 2.29. The van der Waals surface area contributed by atoms with Crippen molar-refractivity contribution in [1.29, 1.82) is 0 Å². The molecule has 0 radical (unpaired) electrons. The number of hydrogen-bond donors (Lipinski definition) is 1. The lowest BCUT2D eigenvalue weighted by Gasteiger charge is -2.38. The fourth-order valence-electron chi connectivity index (χ4n) is 2.95. The van der Waals surface area contributed by atoms with Crippen molar-refractivity contribution >= 4 is 44.8 Å². The molecule has 28 heavy (non-hydrogen) atoms. The van der Waals surface area contributed by atoms with Gasteiger partial charge in [-0.05, 0) is 88.8 Å². The molecule has 6 heteroatoms. The molecule has 1 atom stereocenters. The molecule has 148 valence electrons. The summed E-state index contributed by atoms with van der Waals surface area (Å²) in [5.41, 5.74) is 0. The van der Waals surface area contributed by atoms with Gasteiger partial charge >= 0.3 is 0 Å². The van der Waals surface area contributed by atoms with Crippen LogP contribution in [0.5, 0.6) is 5.75 Å². The highest BCUT2D eigenvalue weighted by Crippen LogP contribution is 2.60. The minimum absolute atomic E-state index is 0.200. The van der Waals surface area contributed by atoms with Gasteiger partial charge in [-0.3, -0.25) is 0 Å². The summed E-state index contributed by atoms with van der Waals surface area (Å²) in [7, 11) is -1.51. The van der Waals surface area contributed by atoms with Gasteiger partial charge in [-0.1, -0.05) is 34.8 Å². The third-order valence-electron chi connectivity index (χ3n) is 4.45. The first kappa shape index (κ1) is 21.4. The smallest absolute Gasteiger partial charge is 0.119 e. The fourth-order valence-corrected chi connectivity index (χ4v) is 6.33. The zero-order valence-corrected chi connectivity index (χ0v) is 18.4. The van der Waals surface area contributed by atoms with E-state index in [1.54, 1.807) is 24.3 Å². The summed E-state index contributed by atoms with van der Waals surface area (Å²) < 4.78 is 5.74. The Morgan fingerprint density at radius 3 is 1.57 bits per heavy atom. The van der Waals surface area contributed by atoms with Gasteiger partial charge in [-0.2, -0.15) is 10.0 Å². The van der Waals surface area contributed by atoms with Crippen LogP contribution in [-0.4, -0.2) is 29.8 Å². The number of aliphatic hydroxyl groups excluding tert-OH is 1. The van der Waals surface area contributed by atoms with Crippen molar-refractivity contribution in [3.8, 4) is 5.75 Å². The van der Waals surface area contributed by atoms with Crippen LogP contribution in [0, 0.1) is 0 Å². The maximum Gasteiger partial charge on any atom is 0.119 e. The number of benzene rings is 3. The quantitative estimate of drug-likeness (QED) is 0.418. The molecule has 0 fully saturated rings. The molecule has 2 nitrogen and oxygen atoms in total. The Morgan fingerprint density at radius 2 is 1.14 bits per heavy atom. The summed E-state index contributed by atoms with van der Waals surface area (Å²) in [6.07, 6.45) is 1.55. The van der Waals surface area contributed by atoms with Crippen LogP contribution in [0.3, 0.4) is 0 Å². The van der Waals surface area contributed by atoms with Gasteiger partial charge in [0.1, 0.15) is 12.4 Å². The molecule has 0 aliphatic carbocycles. The molecular weight excluding hydrogens is 435 g/mol. The van der Waals surface area contributed by atoms with Crippen LogP contribution < -0.4 is 4.74 Å². The standard InChI is InChI=1S/C22H21Cl3O2S/c1-28(21-10-4-17(24)5-11-21,22-12-6-18(25)7-13-22)15-19(26)14-27-20-8-2-16(23)3-9-20/h2-13,19,26H,14-15H2,1H3. The second-order valence-corrected chi connectivity index (χ2v) is 11.3. The Balaban J connectivity index is 1.81. The lowest BCUT2D eigenvalue weighted by Crippen LogP contribution is -2.25. The van der Waals surface area contributed by atoms with Gasteiger partial charge in [-0.15, -0.1) is 0 Å². The van der Waals surface area contributed by atoms with Crippen LogP contribution in [0.15, 0.2) is 82.6 Å². The van der Waals surface area contributed by atoms with Crippen molar-refractivity contribution in [2.75, 3.05) is 18.6 Å². The van der Waals surface area contributed by atoms with Gasteiger partial charge < -0.3 is 9.84 Å². The molecule has 3 aromatic rings. The van der Waals surface area contributed by atoms with E-state index in [1.807, 2.05) is 48.5 Å². The van der Waals surface area contributed by atoms with E-state index in [4.69, 9.17) is 39.5 Å². The fraction of sp³-hybridized carbons (Fsp3) is 0.182. The molecule has 0 bridgehead atoms. The number of aliphatic hydroxyl groups is 1. The Hall–Kier alpha value is -1.36. The highest BCUT2D eigenvalue weighted by atomic mass is 35.5. The first-order valence-corrected chi connectivity index (χ1v) is 12.0. The summed E-state index contributed by atoms with van der Waals surface area (Å²) >= 11 is 18.1. The molecular formula is C22H21Cl3O2S. The van der Waals surface area contributed by atoms with Crippen molar-refractivity contribution in [2.45, 2.75) is 15.9 Å². The molecule has 0 aliphatic rings. The first-order chi connectivity index (χ1) is 13.4. The van der Waals surface area contributed by atoms with E-state index in [1.165, 1.54) is 0 Å². The van der Waals surface area contributed by atoms with Crippen molar-refractivity contribution in [3.63, 3.8) is 0 Å². The topological polar surface area (TPSA) is 29.5 Å². The van der Waals surface area contributed by atoms with Crippen molar-refractivity contribution in [2.24, 2.45) is 0 Å². The average molecular weight is 456 g/mol. The second-order valence-electron chi connectivity index (χ2n) is 6.58. The Labute approximate surface area is 182 Å².